The van der Waals surface area contributed by atoms with Gasteiger partial charge in [0.15, 0.2) is 0 Å². The predicted molar refractivity (Wildman–Crippen MR) is 95.2 cm³/mol. The summed E-state index contributed by atoms with van der Waals surface area (Å²) in [5.41, 5.74) is 2.92. The first-order valence-corrected chi connectivity index (χ1v) is 8.31. The second-order valence-corrected chi connectivity index (χ2v) is 8.28. The van der Waals surface area contributed by atoms with Crippen molar-refractivity contribution in [1.29, 1.82) is 0 Å². The van der Waals surface area contributed by atoms with E-state index >= 15 is 0 Å². The summed E-state index contributed by atoms with van der Waals surface area (Å²) in [6, 6.07) is 6.67. The molecule has 0 bridgehead atoms. The van der Waals surface area contributed by atoms with E-state index in [9.17, 15) is 0 Å². The molecule has 0 saturated carbocycles. The molecule has 1 fully saturated rings. The van der Waals surface area contributed by atoms with Crippen molar-refractivity contribution in [2.75, 3.05) is 38.2 Å². The Morgan fingerprint density at radius 1 is 0.909 bits per heavy atom. The summed E-state index contributed by atoms with van der Waals surface area (Å²) in [5.74, 6) is 1.00. The average Bonchev–Trinajstić information content (AvgIpc) is 2.45. The Bertz CT molecular complexity index is 503. The molecular formula is C19H32N2O. The van der Waals surface area contributed by atoms with Crippen molar-refractivity contribution >= 4 is 5.69 Å². The summed E-state index contributed by atoms with van der Waals surface area (Å²) in [6.07, 6.45) is 0. The van der Waals surface area contributed by atoms with Crippen LogP contribution in [0.1, 0.15) is 47.1 Å². The normalized spacial score (nSPS) is 17.7. The molecule has 0 spiro atoms. The fourth-order valence-corrected chi connectivity index (χ4v) is 3.13. The third-order valence-electron chi connectivity index (χ3n) is 4.59. The van der Waals surface area contributed by atoms with Gasteiger partial charge in [-0.25, -0.2) is 0 Å². The average molecular weight is 304 g/mol. The fraction of sp³-hybridized carbons (Fsp3) is 0.684. The van der Waals surface area contributed by atoms with E-state index in [1.807, 2.05) is 0 Å². The summed E-state index contributed by atoms with van der Waals surface area (Å²) in [6.45, 7) is 18.0. The highest BCUT2D eigenvalue weighted by molar-refractivity contribution is 5.55. The van der Waals surface area contributed by atoms with E-state index in [1.165, 1.54) is 11.3 Å². The fourth-order valence-electron chi connectivity index (χ4n) is 3.13. The highest BCUT2D eigenvalue weighted by Crippen LogP contribution is 2.34. The molecule has 0 aromatic heterocycles. The molecule has 0 unspecified atom stereocenters. The second kappa shape index (κ2) is 6.11. The molecule has 1 saturated heterocycles. The van der Waals surface area contributed by atoms with Crippen LogP contribution in [-0.4, -0.2) is 43.7 Å². The Labute approximate surface area is 136 Å². The van der Waals surface area contributed by atoms with Crippen LogP contribution >= 0.6 is 0 Å². The van der Waals surface area contributed by atoms with Crippen LogP contribution in [0.3, 0.4) is 0 Å². The van der Waals surface area contributed by atoms with Crippen molar-refractivity contribution in [2.45, 2.75) is 52.5 Å². The van der Waals surface area contributed by atoms with E-state index in [2.05, 4.69) is 69.5 Å². The third-order valence-corrected chi connectivity index (χ3v) is 4.59. The first-order valence-electron chi connectivity index (χ1n) is 8.31. The van der Waals surface area contributed by atoms with Gasteiger partial charge in [-0.2, -0.15) is 0 Å². The SMILES string of the molecule is COc1cc(N2CCN(C(C)(C)C)CC2)ccc1C(C)(C)C. The van der Waals surface area contributed by atoms with Crippen LogP contribution in [-0.2, 0) is 5.41 Å². The molecule has 1 aromatic carbocycles. The maximum Gasteiger partial charge on any atom is 0.124 e. The Morgan fingerprint density at radius 3 is 1.95 bits per heavy atom. The van der Waals surface area contributed by atoms with Crippen molar-refractivity contribution in [3.8, 4) is 5.75 Å². The third kappa shape index (κ3) is 3.75. The van der Waals surface area contributed by atoms with Gasteiger partial charge in [-0.3, -0.25) is 4.90 Å². The van der Waals surface area contributed by atoms with Crippen molar-refractivity contribution in [3.05, 3.63) is 23.8 Å². The quantitative estimate of drug-likeness (QED) is 0.824. The zero-order valence-electron chi connectivity index (χ0n) is 15.4. The Kier molecular flexibility index (Phi) is 4.76. The number of anilines is 1. The molecule has 0 amide bonds. The van der Waals surface area contributed by atoms with Gasteiger partial charge in [0.2, 0.25) is 0 Å². The lowest BCUT2D eigenvalue weighted by Crippen LogP contribution is -2.53. The van der Waals surface area contributed by atoms with Crippen LogP contribution in [0.2, 0.25) is 0 Å². The second-order valence-electron chi connectivity index (χ2n) is 8.28. The molecule has 0 atom stereocenters. The predicted octanol–water partition coefficient (Wildman–Crippen LogP) is 3.91. The molecule has 1 heterocycles. The summed E-state index contributed by atoms with van der Waals surface area (Å²) in [7, 11) is 1.77. The largest absolute Gasteiger partial charge is 0.496 e. The van der Waals surface area contributed by atoms with E-state index in [0.717, 1.165) is 31.9 Å². The van der Waals surface area contributed by atoms with Crippen LogP contribution < -0.4 is 9.64 Å². The van der Waals surface area contributed by atoms with Gasteiger partial charge in [0.25, 0.3) is 0 Å². The minimum atomic E-state index is 0.106. The number of rotatable bonds is 2. The van der Waals surface area contributed by atoms with Crippen molar-refractivity contribution in [1.82, 2.24) is 4.90 Å². The van der Waals surface area contributed by atoms with E-state index < -0.39 is 0 Å². The van der Waals surface area contributed by atoms with Crippen LogP contribution in [0.5, 0.6) is 5.75 Å². The zero-order chi connectivity index (χ0) is 16.5. The lowest BCUT2D eigenvalue weighted by molar-refractivity contribution is 0.128. The summed E-state index contributed by atoms with van der Waals surface area (Å²) in [5, 5.41) is 0. The number of nitrogens with zero attached hydrogens (tertiary/aromatic N) is 2. The minimum Gasteiger partial charge on any atom is -0.496 e. The van der Waals surface area contributed by atoms with E-state index in [-0.39, 0.29) is 11.0 Å². The maximum absolute atomic E-state index is 5.64. The van der Waals surface area contributed by atoms with E-state index in [4.69, 9.17) is 4.74 Å². The minimum absolute atomic E-state index is 0.106. The highest BCUT2D eigenvalue weighted by atomic mass is 16.5. The molecule has 2 rings (SSSR count). The molecule has 3 heteroatoms. The Morgan fingerprint density at radius 2 is 1.50 bits per heavy atom. The molecule has 0 aliphatic carbocycles. The molecular weight excluding hydrogens is 272 g/mol. The lowest BCUT2D eigenvalue weighted by atomic mass is 9.86. The standard InChI is InChI=1S/C19H32N2O/c1-18(2,3)16-9-8-15(14-17(16)22-7)20-10-12-21(13-11-20)19(4,5)6/h8-9,14H,10-13H2,1-7H3. The molecule has 22 heavy (non-hydrogen) atoms. The zero-order valence-corrected chi connectivity index (χ0v) is 15.4. The van der Waals surface area contributed by atoms with Crippen molar-refractivity contribution < 1.29 is 4.74 Å². The van der Waals surface area contributed by atoms with Crippen molar-refractivity contribution in [2.24, 2.45) is 0 Å². The molecule has 1 aliphatic rings. The number of hydrogen-bond donors (Lipinski definition) is 0. The van der Waals surface area contributed by atoms with Gasteiger partial charge >= 0.3 is 0 Å². The Balaban J connectivity index is 2.15. The smallest absolute Gasteiger partial charge is 0.124 e. The van der Waals surface area contributed by atoms with Crippen LogP contribution in [0.4, 0.5) is 5.69 Å². The number of ether oxygens (including phenoxy) is 1. The first-order chi connectivity index (χ1) is 10.1. The molecule has 0 radical (unpaired) electrons. The monoisotopic (exact) mass is 304 g/mol. The lowest BCUT2D eigenvalue weighted by Gasteiger charge is -2.43. The van der Waals surface area contributed by atoms with Gasteiger partial charge in [0, 0.05) is 43.5 Å². The van der Waals surface area contributed by atoms with Gasteiger partial charge in [0.1, 0.15) is 5.75 Å². The number of piperazine rings is 1. The number of hydrogen-bond acceptors (Lipinski definition) is 3. The first kappa shape index (κ1) is 17.1. The molecule has 0 N–H and O–H groups in total. The van der Waals surface area contributed by atoms with Crippen LogP contribution in [0.15, 0.2) is 18.2 Å². The van der Waals surface area contributed by atoms with Gasteiger partial charge in [-0.15, -0.1) is 0 Å². The topological polar surface area (TPSA) is 15.7 Å². The Hall–Kier alpha value is -1.22. The van der Waals surface area contributed by atoms with E-state index in [0.29, 0.717) is 0 Å². The van der Waals surface area contributed by atoms with E-state index in [1.54, 1.807) is 7.11 Å². The maximum atomic E-state index is 5.64. The van der Waals surface area contributed by atoms with Crippen molar-refractivity contribution in [3.63, 3.8) is 0 Å². The van der Waals surface area contributed by atoms with Gasteiger partial charge in [0.05, 0.1) is 7.11 Å². The summed E-state index contributed by atoms with van der Waals surface area (Å²) < 4.78 is 5.64. The van der Waals surface area contributed by atoms with Crippen LogP contribution in [0.25, 0.3) is 0 Å². The number of methoxy groups -OCH3 is 1. The summed E-state index contributed by atoms with van der Waals surface area (Å²) >= 11 is 0. The molecule has 1 aliphatic heterocycles. The summed E-state index contributed by atoms with van der Waals surface area (Å²) in [4.78, 5) is 5.03. The van der Waals surface area contributed by atoms with Gasteiger partial charge in [-0.05, 0) is 37.8 Å². The molecule has 1 aromatic rings. The highest BCUT2D eigenvalue weighted by Gasteiger charge is 2.26. The van der Waals surface area contributed by atoms with Crippen LogP contribution in [0, 0.1) is 0 Å². The number of benzene rings is 1. The molecule has 3 nitrogen and oxygen atoms in total. The van der Waals surface area contributed by atoms with Gasteiger partial charge < -0.3 is 9.64 Å². The molecule has 124 valence electrons. The van der Waals surface area contributed by atoms with Gasteiger partial charge in [-0.1, -0.05) is 26.8 Å².